The van der Waals surface area contributed by atoms with Crippen LogP contribution in [0.25, 0.3) is 21.8 Å². The number of carbonyl (C=O) groups excluding carboxylic acids is 2. The lowest BCUT2D eigenvalue weighted by molar-refractivity contribution is 0.103. The number of aromatic nitrogens is 1. The van der Waals surface area contributed by atoms with Crippen LogP contribution < -0.4 is 0 Å². The van der Waals surface area contributed by atoms with Crippen LogP contribution in [0, 0.1) is 0 Å². The van der Waals surface area contributed by atoms with Gasteiger partial charge in [0.05, 0.1) is 0 Å². The number of hydrogen-bond acceptors (Lipinski definition) is 7. The van der Waals surface area contributed by atoms with Gasteiger partial charge in [-0.2, -0.15) is 8.42 Å². The Morgan fingerprint density at radius 2 is 1.36 bits per heavy atom. The fraction of sp³-hybridized carbons (Fsp3) is 0.108. The van der Waals surface area contributed by atoms with Crippen molar-refractivity contribution in [3.05, 3.63) is 143 Å². The van der Waals surface area contributed by atoms with Crippen molar-refractivity contribution in [2.24, 2.45) is 5.16 Å². The number of ketones is 2. The van der Waals surface area contributed by atoms with Gasteiger partial charge in [0.25, 0.3) is 0 Å². The molecule has 0 aliphatic carbocycles. The topological polar surface area (TPSA) is 94.8 Å². The summed E-state index contributed by atoms with van der Waals surface area (Å²) in [6.45, 7) is 2.72. The molecule has 0 saturated carbocycles. The molecule has 1 heterocycles. The minimum atomic E-state index is -4.25. The van der Waals surface area contributed by atoms with E-state index in [-0.39, 0.29) is 22.8 Å². The smallest absolute Gasteiger partial charge is 0.341 e. The van der Waals surface area contributed by atoms with Gasteiger partial charge in [0.1, 0.15) is 10.6 Å². The molecular formula is C37H29ClN2O5S2. The fourth-order valence-electron chi connectivity index (χ4n) is 5.37. The van der Waals surface area contributed by atoms with Crippen molar-refractivity contribution in [1.82, 2.24) is 4.57 Å². The lowest BCUT2D eigenvalue weighted by Gasteiger charge is -2.08. The summed E-state index contributed by atoms with van der Waals surface area (Å²) in [5.41, 5.74) is 3.25. The lowest BCUT2D eigenvalue weighted by atomic mass is 9.99. The first-order valence-corrected chi connectivity index (χ1v) is 17.7. The van der Waals surface area contributed by atoms with Crippen molar-refractivity contribution in [1.29, 1.82) is 0 Å². The van der Waals surface area contributed by atoms with E-state index in [4.69, 9.17) is 15.9 Å². The number of nitrogens with zero attached hydrogens (tertiary/aromatic N) is 2. The van der Waals surface area contributed by atoms with E-state index in [2.05, 4.69) is 9.72 Å². The van der Waals surface area contributed by atoms with Crippen LogP contribution >= 0.6 is 23.4 Å². The molecule has 1 aromatic heterocycles. The largest absolute Gasteiger partial charge is 0.358 e. The molecule has 6 aromatic rings. The summed E-state index contributed by atoms with van der Waals surface area (Å²) >= 11 is 7.50. The minimum absolute atomic E-state index is 0.0375. The zero-order chi connectivity index (χ0) is 33.0. The van der Waals surface area contributed by atoms with Gasteiger partial charge >= 0.3 is 10.1 Å². The fourth-order valence-corrected chi connectivity index (χ4v) is 7.12. The van der Waals surface area contributed by atoms with E-state index in [1.54, 1.807) is 54.6 Å². The highest BCUT2D eigenvalue weighted by atomic mass is 35.5. The number of rotatable bonds is 12. The van der Waals surface area contributed by atoms with Gasteiger partial charge < -0.3 is 4.57 Å². The Kier molecular flexibility index (Phi) is 9.58. The highest BCUT2D eigenvalue weighted by Gasteiger charge is 2.22. The zero-order valence-corrected chi connectivity index (χ0v) is 27.7. The maximum Gasteiger partial charge on any atom is 0.358 e. The molecule has 0 atom stereocenters. The first-order valence-electron chi connectivity index (χ1n) is 14.9. The molecule has 0 saturated heterocycles. The predicted molar refractivity (Wildman–Crippen MR) is 188 cm³/mol. The first kappa shape index (κ1) is 32.2. The zero-order valence-electron chi connectivity index (χ0n) is 25.3. The molecule has 0 spiro atoms. The van der Waals surface area contributed by atoms with Crippen molar-refractivity contribution in [2.45, 2.75) is 29.7 Å². The Morgan fingerprint density at radius 1 is 0.766 bits per heavy atom. The molecule has 0 amide bonds. The molecule has 0 unspecified atom stereocenters. The molecule has 236 valence electrons. The van der Waals surface area contributed by atoms with Gasteiger partial charge in [-0.3, -0.25) is 13.9 Å². The minimum Gasteiger partial charge on any atom is -0.341 e. The summed E-state index contributed by atoms with van der Waals surface area (Å²) in [5, 5.41) is 6.16. The number of Topliss-reactive ketones (excluding diaryl/α,β-unsaturated/α-hetero) is 1. The number of halogens is 1. The van der Waals surface area contributed by atoms with Gasteiger partial charge in [0.15, 0.2) is 5.78 Å². The molecule has 10 heteroatoms. The summed E-state index contributed by atoms with van der Waals surface area (Å²) in [7, 11) is -4.25. The third kappa shape index (κ3) is 7.02. The molecule has 0 aliphatic heterocycles. The quantitative estimate of drug-likeness (QED) is 0.0555. The Morgan fingerprint density at radius 3 is 2.00 bits per heavy atom. The average molecular weight is 681 g/mol. The highest BCUT2D eigenvalue weighted by Crippen LogP contribution is 2.32. The van der Waals surface area contributed by atoms with Crippen LogP contribution in [-0.2, 0) is 20.9 Å². The number of thioether (sulfide) groups is 1. The number of hydrogen-bond donors (Lipinski definition) is 0. The summed E-state index contributed by atoms with van der Waals surface area (Å²) in [4.78, 5) is 28.2. The molecule has 47 heavy (non-hydrogen) atoms. The van der Waals surface area contributed by atoms with Gasteiger partial charge in [-0.1, -0.05) is 65.3 Å². The van der Waals surface area contributed by atoms with Crippen LogP contribution in [0.1, 0.15) is 39.6 Å². The third-order valence-corrected chi connectivity index (χ3v) is 10.1. The summed E-state index contributed by atoms with van der Waals surface area (Å²) < 4.78 is 33.0. The summed E-state index contributed by atoms with van der Waals surface area (Å²) in [5.74, 6) is -0.120. The van der Waals surface area contributed by atoms with E-state index in [0.717, 1.165) is 26.7 Å². The number of oxime groups is 1. The van der Waals surface area contributed by atoms with Crippen LogP contribution in [0.3, 0.4) is 0 Å². The normalized spacial score (nSPS) is 12.0. The number of carbonyl (C=O) groups is 2. The standard InChI is InChI=1S/C37H29ClN2O5S2/c1-2-40-34-19-13-26(36(41)25-9-5-3-6-10-25)23-31(34)32-24-27(14-20-35(32)40)37(42)33(21-22-46-29-17-15-28(38)16-18-29)39-45-47(43,44)30-11-7-4-8-12-30/h3-20,23-24H,2,21-22H2,1H3. The van der Waals surface area contributed by atoms with E-state index in [9.17, 15) is 18.0 Å². The van der Waals surface area contributed by atoms with Gasteiger partial charge in [-0.25, -0.2) is 0 Å². The van der Waals surface area contributed by atoms with Gasteiger partial charge in [0.2, 0.25) is 5.78 Å². The van der Waals surface area contributed by atoms with Crippen LogP contribution in [-0.4, -0.2) is 36.0 Å². The Labute approximate surface area is 281 Å². The van der Waals surface area contributed by atoms with Gasteiger partial charge in [-0.05, 0) is 79.7 Å². The average Bonchev–Trinajstić information content (AvgIpc) is 3.42. The van der Waals surface area contributed by atoms with Crippen LogP contribution in [0.4, 0.5) is 0 Å². The number of aryl methyl sites for hydroxylation is 1. The van der Waals surface area contributed by atoms with Crippen molar-refractivity contribution < 1.29 is 22.3 Å². The maximum absolute atomic E-state index is 14.0. The Bertz CT molecular complexity index is 2230. The van der Waals surface area contributed by atoms with Crippen LogP contribution in [0.2, 0.25) is 5.02 Å². The first-order chi connectivity index (χ1) is 22.7. The molecule has 6 rings (SSSR count). The second-order valence-electron chi connectivity index (χ2n) is 10.7. The van der Waals surface area contributed by atoms with E-state index < -0.39 is 15.9 Å². The van der Waals surface area contributed by atoms with Crippen molar-refractivity contribution in [2.75, 3.05) is 5.75 Å². The van der Waals surface area contributed by atoms with Crippen LogP contribution in [0.15, 0.2) is 136 Å². The van der Waals surface area contributed by atoms with E-state index in [1.807, 2.05) is 61.5 Å². The third-order valence-electron chi connectivity index (χ3n) is 7.70. The second kappa shape index (κ2) is 14.0. The second-order valence-corrected chi connectivity index (χ2v) is 13.8. The highest BCUT2D eigenvalue weighted by molar-refractivity contribution is 7.99. The summed E-state index contributed by atoms with van der Waals surface area (Å²) in [6, 6.07) is 35.0. The van der Waals surface area contributed by atoms with Crippen molar-refractivity contribution in [3.8, 4) is 0 Å². The molecule has 7 nitrogen and oxygen atoms in total. The van der Waals surface area contributed by atoms with Gasteiger partial charge in [-0.15, -0.1) is 11.8 Å². The van der Waals surface area contributed by atoms with E-state index >= 15 is 0 Å². The number of benzene rings is 5. The molecule has 0 bridgehead atoms. The number of fused-ring (bicyclic) bond motifs is 3. The van der Waals surface area contributed by atoms with Crippen LogP contribution in [0.5, 0.6) is 0 Å². The molecule has 0 aliphatic rings. The molecular weight excluding hydrogens is 652 g/mol. The van der Waals surface area contributed by atoms with Crippen molar-refractivity contribution in [3.63, 3.8) is 0 Å². The summed E-state index contributed by atoms with van der Waals surface area (Å²) in [6.07, 6.45) is 0.140. The monoisotopic (exact) mass is 680 g/mol. The predicted octanol–water partition coefficient (Wildman–Crippen LogP) is 8.83. The molecule has 0 radical (unpaired) electrons. The molecule has 0 fully saturated rings. The maximum atomic E-state index is 14.0. The Hall–Kier alpha value is -4.70. The Balaban J connectivity index is 1.36. The SMILES string of the molecule is CCn1c2ccc(C(=O)C(CCSc3ccc(Cl)cc3)=NOS(=O)(=O)c3ccccc3)cc2c2cc(C(=O)c3ccccc3)ccc21. The molecule has 0 N–H and O–H groups in total. The van der Waals surface area contributed by atoms with Gasteiger partial charge in [0, 0.05) is 67.1 Å². The van der Waals surface area contributed by atoms with E-state index in [0.29, 0.717) is 34.0 Å². The lowest BCUT2D eigenvalue weighted by Crippen LogP contribution is -2.17. The van der Waals surface area contributed by atoms with Crippen molar-refractivity contribution >= 4 is 72.6 Å². The van der Waals surface area contributed by atoms with E-state index in [1.165, 1.54) is 23.9 Å². The molecule has 5 aromatic carbocycles.